The largest absolute Gasteiger partial charge is 0.319 e. The summed E-state index contributed by atoms with van der Waals surface area (Å²) >= 11 is 1.72. The van der Waals surface area contributed by atoms with E-state index in [0.717, 1.165) is 29.5 Å². The number of aromatic nitrogens is 1. The number of hydrogen-bond donors (Lipinski definition) is 1. The Hall–Kier alpha value is -0.410. The van der Waals surface area contributed by atoms with Gasteiger partial charge in [-0.15, -0.1) is 11.3 Å². The van der Waals surface area contributed by atoms with Gasteiger partial charge in [-0.25, -0.2) is 4.98 Å². The van der Waals surface area contributed by atoms with Gasteiger partial charge in [-0.05, 0) is 38.0 Å². The number of nitrogens with zero attached hydrogens (tertiary/aromatic N) is 1. The van der Waals surface area contributed by atoms with Gasteiger partial charge in [0.2, 0.25) is 0 Å². The van der Waals surface area contributed by atoms with Gasteiger partial charge in [0.05, 0.1) is 5.54 Å². The molecule has 0 aromatic carbocycles. The van der Waals surface area contributed by atoms with Gasteiger partial charge in [0, 0.05) is 11.1 Å². The third kappa shape index (κ3) is 2.08. The van der Waals surface area contributed by atoms with Gasteiger partial charge in [0.15, 0.2) is 0 Å². The summed E-state index contributed by atoms with van der Waals surface area (Å²) < 4.78 is 0. The van der Waals surface area contributed by atoms with E-state index < -0.39 is 0 Å². The van der Waals surface area contributed by atoms with Gasteiger partial charge in [0.25, 0.3) is 0 Å². The first-order chi connectivity index (χ1) is 7.01. The van der Waals surface area contributed by atoms with Crippen molar-refractivity contribution in [1.82, 2.24) is 4.98 Å². The second-order valence-corrected chi connectivity index (χ2v) is 6.01. The lowest BCUT2D eigenvalue weighted by Crippen LogP contribution is -2.43. The van der Waals surface area contributed by atoms with E-state index >= 15 is 0 Å². The molecule has 1 aliphatic carbocycles. The van der Waals surface area contributed by atoms with Crippen LogP contribution in [0.5, 0.6) is 0 Å². The zero-order valence-electron chi connectivity index (χ0n) is 9.79. The van der Waals surface area contributed by atoms with Gasteiger partial charge < -0.3 is 5.73 Å². The summed E-state index contributed by atoms with van der Waals surface area (Å²) in [6, 6.07) is 0. The van der Waals surface area contributed by atoms with Crippen molar-refractivity contribution >= 4 is 11.3 Å². The highest BCUT2D eigenvalue weighted by Gasteiger charge is 2.37. The third-order valence-corrected chi connectivity index (χ3v) is 4.93. The van der Waals surface area contributed by atoms with Crippen molar-refractivity contribution in [3.63, 3.8) is 0 Å². The summed E-state index contributed by atoms with van der Waals surface area (Å²) in [5.41, 5.74) is 7.45. The molecule has 1 aromatic rings. The second-order valence-electron chi connectivity index (χ2n) is 5.15. The number of rotatable bonds is 1. The molecule has 3 unspecified atom stereocenters. The van der Waals surface area contributed by atoms with E-state index in [1.54, 1.807) is 11.3 Å². The summed E-state index contributed by atoms with van der Waals surface area (Å²) in [6.45, 7) is 6.68. The zero-order chi connectivity index (χ0) is 11.1. The van der Waals surface area contributed by atoms with E-state index in [1.165, 1.54) is 6.42 Å². The highest BCUT2D eigenvalue weighted by atomic mass is 32.1. The first-order valence-electron chi connectivity index (χ1n) is 5.73. The Morgan fingerprint density at radius 1 is 1.47 bits per heavy atom. The molecule has 1 aliphatic rings. The molecule has 1 saturated carbocycles. The van der Waals surface area contributed by atoms with E-state index in [4.69, 9.17) is 5.73 Å². The Morgan fingerprint density at radius 3 is 2.73 bits per heavy atom. The monoisotopic (exact) mass is 224 g/mol. The lowest BCUT2D eigenvalue weighted by molar-refractivity contribution is 0.176. The molecule has 0 radical (unpaired) electrons. The fourth-order valence-corrected chi connectivity index (χ4v) is 3.38. The normalized spacial score (nSPS) is 36.8. The molecule has 0 saturated heterocycles. The molecule has 0 aliphatic heterocycles. The van der Waals surface area contributed by atoms with Crippen LogP contribution in [0, 0.1) is 18.8 Å². The summed E-state index contributed by atoms with van der Waals surface area (Å²) in [5.74, 6) is 1.52. The first-order valence-corrected chi connectivity index (χ1v) is 6.61. The smallest absolute Gasteiger partial charge is 0.113 e. The lowest BCUT2D eigenvalue weighted by Gasteiger charge is -2.38. The SMILES string of the molecule is Cc1csc(C2(N)CCC(C)C(C)C2)n1. The fraction of sp³-hybridized carbons (Fsp3) is 0.750. The molecule has 0 spiro atoms. The molecule has 0 amide bonds. The van der Waals surface area contributed by atoms with Crippen LogP contribution < -0.4 is 5.73 Å². The van der Waals surface area contributed by atoms with Crippen LogP contribution >= 0.6 is 11.3 Å². The van der Waals surface area contributed by atoms with Crippen LogP contribution in [0.2, 0.25) is 0 Å². The van der Waals surface area contributed by atoms with E-state index in [2.05, 4.69) is 24.2 Å². The molecule has 2 rings (SSSR count). The molecule has 3 atom stereocenters. The summed E-state index contributed by atoms with van der Waals surface area (Å²) in [7, 11) is 0. The van der Waals surface area contributed by atoms with Gasteiger partial charge in [-0.2, -0.15) is 0 Å². The van der Waals surface area contributed by atoms with Gasteiger partial charge in [-0.1, -0.05) is 13.8 Å². The average Bonchev–Trinajstić information content (AvgIpc) is 2.60. The van der Waals surface area contributed by atoms with Gasteiger partial charge in [0.1, 0.15) is 5.01 Å². The molecular weight excluding hydrogens is 204 g/mol. The first kappa shape index (κ1) is 11.1. The standard InChI is InChI=1S/C12H20N2S/c1-8-4-5-12(13,6-9(8)2)11-14-10(3)7-15-11/h7-9H,4-6,13H2,1-3H3. The zero-order valence-corrected chi connectivity index (χ0v) is 10.6. The van der Waals surface area contributed by atoms with Crippen molar-refractivity contribution in [2.75, 3.05) is 0 Å². The van der Waals surface area contributed by atoms with Crippen LogP contribution in [0.15, 0.2) is 5.38 Å². The van der Waals surface area contributed by atoms with Crippen LogP contribution in [-0.2, 0) is 5.54 Å². The minimum absolute atomic E-state index is 0.148. The van der Waals surface area contributed by atoms with Crippen LogP contribution in [0.3, 0.4) is 0 Å². The fourth-order valence-electron chi connectivity index (χ4n) is 2.42. The Balaban J connectivity index is 2.20. The Labute approximate surface area is 95.9 Å². The van der Waals surface area contributed by atoms with Crippen molar-refractivity contribution in [3.05, 3.63) is 16.1 Å². The summed E-state index contributed by atoms with van der Waals surface area (Å²) in [5, 5.41) is 3.24. The highest BCUT2D eigenvalue weighted by molar-refractivity contribution is 7.09. The van der Waals surface area contributed by atoms with Crippen LogP contribution in [0.4, 0.5) is 0 Å². The predicted octanol–water partition coefficient (Wildman–Crippen LogP) is 3.06. The molecule has 2 nitrogen and oxygen atoms in total. The van der Waals surface area contributed by atoms with Crippen LogP contribution in [0.25, 0.3) is 0 Å². The second kappa shape index (κ2) is 3.87. The van der Waals surface area contributed by atoms with Gasteiger partial charge in [-0.3, -0.25) is 0 Å². The molecule has 84 valence electrons. The Bertz CT molecular complexity index is 347. The molecule has 1 aromatic heterocycles. The van der Waals surface area contributed by atoms with Crippen molar-refractivity contribution in [1.29, 1.82) is 0 Å². The number of aryl methyl sites for hydroxylation is 1. The minimum atomic E-state index is -0.148. The quantitative estimate of drug-likeness (QED) is 0.796. The predicted molar refractivity (Wildman–Crippen MR) is 64.9 cm³/mol. The summed E-state index contributed by atoms with van der Waals surface area (Å²) in [6.07, 6.45) is 3.41. The summed E-state index contributed by atoms with van der Waals surface area (Å²) in [4.78, 5) is 4.56. The van der Waals surface area contributed by atoms with Crippen molar-refractivity contribution < 1.29 is 0 Å². The molecular formula is C12H20N2S. The maximum absolute atomic E-state index is 6.49. The molecule has 1 heterocycles. The van der Waals surface area contributed by atoms with Crippen molar-refractivity contribution in [2.24, 2.45) is 17.6 Å². The number of hydrogen-bond acceptors (Lipinski definition) is 3. The van der Waals surface area contributed by atoms with Crippen LogP contribution in [0.1, 0.15) is 43.8 Å². The molecule has 0 bridgehead atoms. The topological polar surface area (TPSA) is 38.9 Å². The van der Waals surface area contributed by atoms with E-state index in [0.29, 0.717) is 5.92 Å². The number of thiazole rings is 1. The highest BCUT2D eigenvalue weighted by Crippen LogP contribution is 2.41. The lowest BCUT2D eigenvalue weighted by atomic mass is 9.72. The molecule has 1 fully saturated rings. The maximum atomic E-state index is 6.49. The minimum Gasteiger partial charge on any atom is -0.319 e. The van der Waals surface area contributed by atoms with Crippen LogP contribution in [-0.4, -0.2) is 4.98 Å². The molecule has 3 heteroatoms. The van der Waals surface area contributed by atoms with Gasteiger partial charge >= 0.3 is 0 Å². The maximum Gasteiger partial charge on any atom is 0.113 e. The molecule has 15 heavy (non-hydrogen) atoms. The van der Waals surface area contributed by atoms with Crippen molar-refractivity contribution in [3.8, 4) is 0 Å². The van der Waals surface area contributed by atoms with E-state index in [-0.39, 0.29) is 5.54 Å². The average molecular weight is 224 g/mol. The number of nitrogens with two attached hydrogens (primary N) is 1. The third-order valence-electron chi connectivity index (χ3n) is 3.75. The van der Waals surface area contributed by atoms with Crippen molar-refractivity contribution in [2.45, 2.75) is 45.6 Å². The molecule has 2 N–H and O–H groups in total. The Kier molecular flexibility index (Phi) is 2.86. The van der Waals surface area contributed by atoms with E-state index in [1.807, 2.05) is 6.92 Å². The van der Waals surface area contributed by atoms with E-state index in [9.17, 15) is 0 Å². The Morgan fingerprint density at radius 2 is 2.20 bits per heavy atom.